The molecular formula is C11H11BrF2INO2. The second-order valence-corrected chi connectivity index (χ2v) is 5.01. The van der Waals surface area contributed by atoms with Crippen LogP contribution in [0, 0.1) is 3.57 Å². The first-order valence-electron chi connectivity index (χ1n) is 5.17. The molecule has 18 heavy (non-hydrogen) atoms. The van der Waals surface area contributed by atoms with E-state index in [1.54, 1.807) is 6.92 Å². The van der Waals surface area contributed by atoms with Crippen molar-refractivity contribution in [1.82, 2.24) is 4.98 Å². The second kappa shape index (κ2) is 7.32. The van der Waals surface area contributed by atoms with Gasteiger partial charge in [-0.05, 0) is 35.1 Å². The van der Waals surface area contributed by atoms with Crippen LogP contribution >= 0.6 is 38.5 Å². The topological polar surface area (TPSA) is 39.2 Å². The fourth-order valence-corrected chi connectivity index (χ4v) is 3.34. The number of carbonyl (C=O) groups excluding carboxylic acids is 1. The Balaban J connectivity index is 3.05. The highest BCUT2D eigenvalue weighted by atomic mass is 127. The van der Waals surface area contributed by atoms with Gasteiger partial charge in [-0.15, -0.1) is 0 Å². The summed E-state index contributed by atoms with van der Waals surface area (Å²) in [5.74, 6) is -0.409. The van der Waals surface area contributed by atoms with Crippen molar-refractivity contribution in [3.8, 4) is 0 Å². The van der Waals surface area contributed by atoms with Gasteiger partial charge in [0.2, 0.25) is 0 Å². The molecule has 0 aliphatic heterocycles. The standard InChI is InChI=1S/C11H11BrF2INO2/c1-2-18-9(17)3-8-10(15)6(4-12)7(5-16-8)11(13)14/h5,11H,2-4H2,1H3. The first kappa shape index (κ1) is 15.7. The third-order valence-corrected chi connectivity index (χ3v) is 4.05. The number of carbonyl (C=O) groups is 1. The lowest BCUT2D eigenvalue weighted by atomic mass is 10.1. The number of aromatic nitrogens is 1. The predicted octanol–water partition coefficient (Wildman–Crippen LogP) is 3.62. The van der Waals surface area contributed by atoms with Crippen molar-refractivity contribution in [3.05, 3.63) is 26.6 Å². The largest absolute Gasteiger partial charge is 0.466 e. The molecule has 7 heteroatoms. The Labute approximate surface area is 126 Å². The summed E-state index contributed by atoms with van der Waals surface area (Å²) in [5.41, 5.74) is 0.830. The third kappa shape index (κ3) is 3.84. The van der Waals surface area contributed by atoms with Crippen LogP contribution in [0.3, 0.4) is 0 Å². The molecule has 1 heterocycles. The fraction of sp³-hybridized carbons (Fsp3) is 0.455. The molecule has 0 unspecified atom stereocenters. The highest BCUT2D eigenvalue weighted by molar-refractivity contribution is 14.1. The summed E-state index contributed by atoms with van der Waals surface area (Å²) in [7, 11) is 0. The summed E-state index contributed by atoms with van der Waals surface area (Å²) < 4.78 is 30.9. The highest BCUT2D eigenvalue weighted by Crippen LogP contribution is 2.29. The van der Waals surface area contributed by atoms with E-state index in [1.807, 2.05) is 22.6 Å². The SMILES string of the molecule is CCOC(=O)Cc1ncc(C(F)F)c(CBr)c1I. The van der Waals surface area contributed by atoms with Crippen molar-refractivity contribution in [2.75, 3.05) is 6.61 Å². The van der Waals surface area contributed by atoms with Crippen molar-refractivity contribution in [3.63, 3.8) is 0 Å². The lowest BCUT2D eigenvalue weighted by Crippen LogP contribution is -2.12. The number of rotatable bonds is 5. The van der Waals surface area contributed by atoms with E-state index in [0.29, 0.717) is 20.2 Å². The molecule has 100 valence electrons. The van der Waals surface area contributed by atoms with Gasteiger partial charge in [-0.25, -0.2) is 8.78 Å². The van der Waals surface area contributed by atoms with E-state index in [9.17, 15) is 13.6 Å². The molecule has 0 spiro atoms. The molecule has 0 aromatic carbocycles. The summed E-state index contributed by atoms with van der Waals surface area (Å²) in [6, 6.07) is 0. The summed E-state index contributed by atoms with van der Waals surface area (Å²) in [6.07, 6.45) is -1.46. The zero-order chi connectivity index (χ0) is 13.7. The van der Waals surface area contributed by atoms with Gasteiger partial charge in [-0.1, -0.05) is 15.9 Å². The van der Waals surface area contributed by atoms with E-state index < -0.39 is 12.4 Å². The molecule has 0 N–H and O–H groups in total. The molecule has 1 aromatic rings. The van der Waals surface area contributed by atoms with Gasteiger partial charge in [0.25, 0.3) is 6.43 Å². The Bertz CT molecular complexity index is 443. The Kier molecular flexibility index (Phi) is 6.40. The normalized spacial score (nSPS) is 10.8. The summed E-state index contributed by atoms with van der Waals surface area (Å²) in [4.78, 5) is 15.3. The van der Waals surface area contributed by atoms with Gasteiger partial charge in [0.1, 0.15) is 0 Å². The van der Waals surface area contributed by atoms with Crippen LogP contribution in [0.1, 0.15) is 30.2 Å². The number of alkyl halides is 3. The molecule has 3 nitrogen and oxygen atoms in total. The van der Waals surface area contributed by atoms with Gasteiger partial charge in [0.15, 0.2) is 0 Å². The Morgan fingerprint density at radius 3 is 2.78 bits per heavy atom. The van der Waals surface area contributed by atoms with Gasteiger partial charge in [0, 0.05) is 20.7 Å². The average Bonchev–Trinajstić information content (AvgIpc) is 2.31. The molecule has 0 radical (unpaired) electrons. The van der Waals surface area contributed by atoms with E-state index in [-0.39, 0.29) is 18.6 Å². The quantitative estimate of drug-likeness (QED) is 0.404. The van der Waals surface area contributed by atoms with Crippen molar-refractivity contribution in [2.45, 2.75) is 25.1 Å². The van der Waals surface area contributed by atoms with Crippen LogP contribution in [-0.2, 0) is 21.3 Å². The summed E-state index contributed by atoms with van der Waals surface area (Å²) in [6.45, 7) is 2.00. The van der Waals surface area contributed by atoms with E-state index in [0.717, 1.165) is 6.20 Å². The van der Waals surface area contributed by atoms with Gasteiger partial charge >= 0.3 is 5.97 Å². The minimum Gasteiger partial charge on any atom is -0.466 e. The maximum absolute atomic E-state index is 12.8. The van der Waals surface area contributed by atoms with Gasteiger partial charge in [0.05, 0.1) is 18.7 Å². The number of hydrogen-bond donors (Lipinski definition) is 0. The van der Waals surface area contributed by atoms with Crippen LogP contribution in [0.4, 0.5) is 8.78 Å². The minimum atomic E-state index is -2.57. The fourth-order valence-electron chi connectivity index (χ4n) is 1.38. The molecule has 0 amide bonds. The van der Waals surface area contributed by atoms with Crippen molar-refractivity contribution in [2.24, 2.45) is 0 Å². The molecule has 0 saturated heterocycles. The minimum absolute atomic E-state index is 0.00433. The van der Waals surface area contributed by atoms with E-state index in [2.05, 4.69) is 20.9 Å². The molecule has 0 aliphatic rings. The number of hydrogen-bond acceptors (Lipinski definition) is 3. The molecular weight excluding hydrogens is 423 g/mol. The average molecular weight is 434 g/mol. The lowest BCUT2D eigenvalue weighted by molar-refractivity contribution is -0.142. The molecule has 0 atom stereocenters. The number of nitrogens with zero attached hydrogens (tertiary/aromatic N) is 1. The Hall–Kier alpha value is -0.310. The molecule has 1 rings (SSSR count). The van der Waals surface area contributed by atoms with Crippen LogP contribution in [0.25, 0.3) is 0 Å². The number of esters is 1. The monoisotopic (exact) mass is 433 g/mol. The second-order valence-electron chi connectivity index (χ2n) is 3.37. The first-order valence-corrected chi connectivity index (χ1v) is 7.37. The summed E-state index contributed by atoms with van der Waals surface area (Å²) >= 11 is 5.10. The third-order valence-electron chi connectivity index (χ3n) is 2.21. The van der Waals surface area contributed by atoms with Crippen LogP contribution in [0.15, 0.2) is 6.20 Å². The van der Waals surface area contributed by atoms with Crippen molar-refractivity contribution in [1.29, 1.82) is 0 Å². The van der Waals surface area contributed by atoms with E-state index >= 15 is 0 Å². The zero-order valence-electron chi connectivity index (χ0n) is 9.55. The molecule has 0 fully saturated rings. The van der Waals surface area contributed by atoms with Gasteiger partial charge in [-0.2, -0.15) is 0 Å². The lowest BCUT2D eigenvalue weighted by Gasteiger charge is -2.11. The van der Waals surface area contributed by atoms with Crippen molar-refractivity contribution < 1.29 is 18.3 Å². The molecule has 1 aromatic heterocycles. The van der Waals surface area contributed by atoms with Crippen molar-refractivity contribution >= 4 is 44.5 Å². The van der Waals surface area contributed by atoms with Gasteiger partial charge in [-0.3, -0.25) is 9.78 Å². The van der Waals surface area contributed by atoms with Crippen LogP contribution in [0.2, 0.25) is 0 Å². The maximum Gasteiger partial charge on any atom is 0.311 e. The maximum atomic E-state index is 12.8. The smallest absolute Gasteiger partial charge is 0.311 e. The molecule has 0 bridgehead atoms. The Morgan fingerprint density at radius 2 is 2.28 bits per heavy atom. The number of ether oxygens (including phenoxy) is 1. The summed E-state index contributed by atoms with van der Waals surface area (Å²) in [5, 5.41) is 0.295. The zero-order valence-corrected chi connectivity index (χ0v) is 13.3. The van der Waals surface area contributed by atoms with Crippen LogP contribution in [-0.4, -0.2) is 17.6 Å². The van der Waals surface area contributed by atoms with Gasteiger partial charge < -0.3 is 4.74 Å². The van der Waals surface area contributed by atoms with Crippen LogP contribution < -0.4 is 0 Å². The van der Waals surface area contributed by atoms with Crippen LogP contribution in [0.5, 0.6) is 0 Å². The number of halogens is 4. The first-order chi connectivity index (χ1) is 8.51. The number of pyridine rings is 1. The van der Waals surface area contributed by atoms with E-state index in [4.69, 9.17) is 4.74 Å². The molecule has 0 aliphatic carbocycles. The Morgan fingerprint density at radius 1 is 1.61 bits per heavy atom. The van der Waals surface area contributed by atoms with E-state index in [1.165, 1.54) is 0 Å². The predicted molar refractivity (Wildman–Crippen MR) is 74.9 cm³/mol. The molecule has 0 saturated carbocycles. The highest BCUT2D eigenvalue weighted by Gasteiger charge is 2.19.